The van der Waals surface area contributed by atoms with Gasteiger partial charge in [-0.1, -0.05) is 103 Å². The van der Waals surface area contributed by atoms with E-state index in [0.29, 0.717) is 5.56 Å². The first-order chi connectivity index (χ1) is 19.3. The highest BCUT2D eigenvalue weighted by Gasteiger charge is 2.51. The number of nitriles is 1. The molecule has 0 radical (unpaired) electrons. The lowest BCUT2D eigenvalue weighted by atomic mass is 9.70. The van der Waals surface area contributed by atoms with Crippen molar-refractivity contribution in [2.45, 2.75) is 5.41 Å². The lowest BCUT2D eigenvalue weighted by Gasteiger charge is -2.30. The van der Waals surface area contributed by atoms with E-state index in [0.717, 1.165) is 16.7 Å². The average Bonchev–Trinajstić information content (AvgIpc) is 3.48. The maximum atomic E-state index is 9.33. The first kappa shape index (κ1) is 21.8. The van der Waals surface area contributed by atoms with Crippen LogP contribution in [0.1, 0.15) is 27.8 Å². The van der Waals surface area contributed by atoms with Crippen molar-refractivity contribution in [3.05, 3.63) is 162 Å². The lowest BCUT2D eigenvalue weighted by molar-refractivity contribution is 0.794. The minimum atomic E-state index is -0.317. The summed E-state index contributed by atoms with van der Waals surface area (Å²) in [6.07, 6.45) is 3.41. The van der Waals surface area contributed by atoms with Crippen LogP contribution in [0.4, 0.5) is 0 Å². The molecule has 5 aromatic carbocycles. The standard InChI is InChI=1S/C37H22N2/c38-21-24-18-28(23-39-22-24)26-9-7-8-25(19-26)27-16-17-36-32(20-27)31-12-3-6-15-35(31)37(36)33-13-4-1-10-29(33)30-11-2-5-14-34(30)37/h1-20,22-23H. The summed E-state index contributed by atoms with van der Waals surface area (Å²) < 4.78 is 0. The Morgan fingerprint density at radius 2 is 1.00 bits per heavy atom. The molecule has 180 valence electrons. The Hall–Kier alpha value is -5.26. The molecule has 0 saturated heterocycles. The molecule has 1 heterocycles. The van der Waals surface area contributed by atoms with Crippen molar-refractivity contribution in [1.29, 1.82) is 5.26 Å². The first-order valence-electron chi connectivity index (χ1n) is 13.2. The molecule has 2 aliphatic carbocycles. The van der Waals surface area contributed by atoms with Gasteiger partial charge in [-0.25, -0.2) is 0 Å². The molecule has 0 atom stereocenters. The van der Waals surface area contributed by atoms with Gasteiger partial charge in [0.1, 0.15) is 6.07 Å². The minimum absolute atomic E-state index is 0.317. The van der Waals surface area contributed by atoms with Crippen molar-refractivity contribution in [2.24, 2.45) is 0 Å². The predicted octanol–water partition coefficient (Wildman–Crippen LogP) is 8.63. The number of hydrogen-bond donors (Lipinski definition) is 0. The van der Waals surface area contributed by atoms with Crippen LogP contribution in [0.25, 0.3) is 44.5 Å². The van der Waals surface area contributed by atoms with Gasteiger partial charge in [-0.05, 0) is 79.4 Å². The number of nitrogens with zero attached hydrogens (tertiary/aromatic N) is 2. The number of rotatable bonds is 2. The molecule has 0 aliphatic heterocycles. The van der Waals surface area contributed by atoms with Gasteiger partial charge in [-0.2, -0.15) is 5.26 Å². The molecule has 2 heteroatoms. The monoisotopic (exact) mass is 494 g/mol. The third-order valence-corrected chi connectivity index (χ3v) is 8.39. The summed E-state index contributed by atoms with van der Waals surface area (Å²) in [6.45, 7) is 0. The summed E-state index contributed by atoms with van der Waals surface area (Å²) in [5, 5.41) is 9.33. The van der Waals surface area contributed by atoms with E-state index in [1.807, 2.05) is 12.3 Å². The largest absolute Gasteiger partial charge is 0.263 e. The van der Waals surface area contributed by atoms with E-state index in [9.17, 15) is 5.26 Å². The van der Waals surface area contributed by atoms with Crippen molar-refractivity contribution in [1.82, 2.24) is 4.98 Å². The van der Waals surface area contributed by atoms with E-state index >= 15 is 0 Å². The average molecular weight is 495 g/mol. The molecule has 8 rings (SSSR count). The second-order valence-corrected chi connectivity index (χ2v) is 10.3. The van der Waals surface area contributed by atoms with Crippen molar-refractivity contribution in [3.8, 4) is 50.6 Å². The van der Waals surface area contributed by atoms with Crippen LogP contribution in [-0.2, 0) is 5.41 Å². The van der Waals surface area contributed by atoms with E-state index in [1.165, 1.54) is 50.1 Å². The maximum Gasteiger partial charge on any atom is 0.101 e. The second kappa shape index (κ2) is 8.12. The van der Waals surface area contributed by atoms with Crippen LogP contribution in [0.5, 0.6) is 0 Å². The molecule has 1 aromatic heterocycles. The molecule has 0 bridgehead atoms. The molecular weight excluding hydrogens is 472 g/mol. The molecule has 0 N–H and O–H groups in total. The van der Waals surface area contributed by atoms with E-state index in [2.05, 4.69) is 126 Å². The maximum absolute atomic E-state index is 9.33. The SMILES string of the molecule is N#Cc1cncc(-c2cccc(-c3ccc4c(c3)-c3ccccc3C43c4ccccc4-c4ccccc43)c2)c1. The molecular formula is C37H22N2. The Morgan fingerprint density at radius 1 is 0.462 bits per heavy atom. The summed E-state index contributed by atoms with van der Waals surface area (Å²) in [7, 11) is 0. The molecule has 2 nitrogen and oxygen atoms in total. The molecule has 2 aliphatic rings. The molecule has 39 heavy (non-hydrogen) atoms. The molecule has 0 unspecified atom stereocenters. The van der Waals surface area contributed by atoms with Gasteiger partial charge >= 0.3 is 0 Å². The first-order valence-corrected chi connectivity index (χ1v) is 13.2. The van der Waals surface area contributed by atoms with Crippen molar-refractivity contribution in [3.63, 3.8) is 0 Å². The number of benzene rings is 5. The Bertz CT molecular complexity index is 1950. The second-order valence-electron chi connectivity index (χ2n) is 10.3. The summed E-state index contributed by atoms with van der Waals surface area (Å²) in [5.74, 6) is 0. The highest BCUT2D eigenvalue weighted by Crippen LogP contribution is 2.62. The van der Waals surface area contributed by atoms with Crippen molar-refractivity contribution >= 4 is 0 Å². The van der Waals surface area contributed by atoms with E-state index in [1.54, 1.807) is 6.20 Å². The van der Waals surface area contributed by atoms with Gasteiger partial charge in [0, 0.05) is 18.0 Å². The van der Waals surface area contributed by atoms with Crippen LogP contribution in [0.3, 0.4) is 0 Å². The normalized spacial score (nSPS) is 13.3. The Kier molecular flexibility index (Phi) is 4.54. The Morgan fingerprint density at radius 3 is 1.64 bits per heavy atom. The van der Waals surface area contributed by atoms with E-state index in [4.69, 9.17) is 0 Å². The fourth-order valence-electron chi connectivity index (χ4n) is 6.82. The van der Waals surface area contributed by atoms with E-state index in [-0.39, 0.29) is 5.41 Å². The summed E-state index contributed by atoms with van der Waals surface area (Å²) in [4.78, 5) is 4.26. The highest BCUT2D eigenvalue weighted by atomic mass is 14.6. The van der Waals surface area contributed by atoms with Gasteiger partial charge in [-0.15, -0.1) is 0 Å². The van der Waals surface area contributed by atoms with Crippen LogP contribution in [-0.4, -0.2) is 4.98 Å². The number of pyridine rings is 1. The summed E-state index contributed by atoms with van der Waals surface area (Å²) >= 11 is 0. The predicted molar refractivity (Wildman–Crippen MR) is 156 cm³/mol. The zero-order valence-electron chi connectivity index (χ0n) is 21.1. The third-order valence-electron chi connectivity index (χ3n) is 8.39. The molecule has 0 amide bonds. The fraction of sp³-hybridized carbons (Fsp3) is 0.0270. The number of aromatic nitrogens is 1. The van der Waals surface area contributed by atoms with Gasteiger partial charge in [0.15, 0.2) is 0 Å². The van der Waals surface area contributed by atoms with Crippen LogP contribution in [0.2, 0.25) is 0 Å². The van der Waals surface area contributed by atoms with Gasteiger partial charge in [0.2, 0.25) is 0 Å². The molecule has 1 spiro atoms. The number of fused-ring (bicyclic) bond motifs is 10. The zero-order valence-corrected chi connectivity index (χ0v) is 21.1. The highest BCUT2D eigenvalue weighted by molar-refractivity contribution is 5.96. The Labute approximate surface area is 227 Å². The summed E-state index contributed by atoms with van der Waals surface area (Å²) in [6, 6.07) is 46.2. The van der Waals surface area contributed by atoms with Gasteiger partial charge in [0.05, 0.1) is 11.0 Å². The van der Waals surface area contributed by atoms with Gasteiger partial charge < -0.3 is 0 Å². The van der Waals surface area contributed by atoms with Crippen LogP contribution >= 0.6 is 0 Å². The van der Waals surface area contributed by atoms with Crippen LogP contribution in [0.15, 0.2) is 134 Å². The van der Waals surface area contributed by atoms with E-state index < -0.39 is 0 Å². The third kappa shape index (κ3) is 2.93. The van der Waals surface area contributed by atoms with Crippen molar-refractivity contribution < 1.29 is 0 Å². The smallest absolute Gasteiger partial charge is 0.101 e. The summed E-state index contributed by atoms with van der Waals surface area (Å²) in [5.41, 5.74) is 15.2. The van der Waals surface area contributed by atoms with Crippen molar-refractivity contribution in [2.75, 3.05) is 0 Å². The fourth-order valence-corrected chi connectivity index (χ4v) is 6.82. The van der Waals surface area contributed by atoms with Crippen LogP contribution in [0, 0.1) is 11.3 Å². The quantitative estimate of drug-likeness (QED) is 0.241. The van der Waals surface area contributed by atoms with Gasteiger partial charge in [-0.3, -0.25) is 4.98 Å². The lowest BCUT2D eigenvalue weighted by Crippen LogP contribution is -2.25. The molecule has 6 aromatic rings. The Balaban J connectivity index is 1.35. The minimum Gasteiger partial charge on any atom is -0.263 e. The molecule has 0 saturated carbocycles. The zero-order chi connectivity index (χ0) is 26.0. The topological polar surface area (TPSA) is 36.7 Å². The van der Waals surface area contributed by atoms with Crippen LogP contribution < -0.4 is 0 Å². The van der Waals surface area contributed by atoms with Gasteiger partial charge in [0.25, 0.3) is 0 Å². The molecule has 0 fully saturated rings. The number of hydrogen-bond acceptors (Lipinski definition) is 2.